The molecule has 5 rings (SSSR count). The van der Waals surface area contributed by atoms with Gasteiger partial charge in [0.2, 0.25) is 11.8 Å². The van der Waals surface area contributed by atoms with Crippen molar-refractivity contribution in [2.75, 3.05) is 40.0 Å². The van der Waals surface area contributed by atoms with E-state index in [1.807, 2.05) is 19.1 Å². The highest BCUT2D eigenvalue weighted by atomic mass is 16.5. The van der Waals surface area contributed by atoms with Crippen molar-refractivity contribution >= 4 is 17.8 Å². The molecule has 2 aromatic carbocycles. The molecule has 2 amide bonds. The predicted molar refractivity (Wildman–Crippen MR) is 161 cm³/mol. The molecule has 232 valence electrons. The number of ether oxygens (including phenoxy) is 4. The van der Waals surface area contributed by atoms with Gasteiger partial charge >= 0.3 is 5.97 Å². The number of benzene rings is 2. The van der Waals surface area contributed by atoms with Crippen molar-refractivity contribution in [3.63, 3.8) is 0 Å². The molecular weight excluding hydrogens is 548 g/mol. The molecule has 1 atom stereocenters. The number of amides is 2. The van der Waals surface area contributed by atoms with E-state index in [2.05, 4.69) is 36.1 Å². The minimum Gasteiger partial charge on any atom is -0.493 e. The molecule has 0 radical (unpaired) electrons. The maximum atomic E-state index is 12.3. The van der Waals surface area contributed by atoms with Gasteiger partial charge in [-0.2, -0.15) is 0 Å². The highest BCUT2D eigenvalue weighted by Crippen LogP contribution is 2.36. The second kappa shape index (κ2) is 14.3. The summed E-state index contributed by atoms with van der Waals surface area (Å²) in [6.45, 7) is 7.38. The minimum absolute atomic E-state index is 0.0114. The number of carbonyl (C=O) groups is 3. The van der Waals surface area contributed by atoms with E-state index in [0.29, 0.717) is 24.0 Å². The van der Waals surface area contributed by atoms with Crippen LogP contribution in [0.25, 0.3) is 0 Å². The van der Waals surface area contributed by atoms with Gasteiger partial charge in [0.05, 0.1) is 32.8 Å². The molecule has 1 saturated carbocycles. The third kappa shape index (κ3) is 7.50. The Balaban J connectivity index is 1.28. The van der Waals surface area contributed by atoms with Crippen LogP contribution in [0.1, 0.15) is 75.1 Å². The van der Waals surface area contributed by atoms with Crippen LogP contribution >= 0.6 is 0 Å². The Bertz CT molecular complexity index is 1290. The van der Waals surface area contributed by atoms with Crippen molar-refractivity contribution in [2.24, 2.45) is 11.8 Å². The summed E-state index contributed by atoms with van der Waals surface area (Å²) in [5.74, 6) is 2.35. The molecule has 1 saturated heterocycles. The quantitative estimate of drug-likeness (QED) is 0.235. The van der Waals surface area contributed by atoms with Gasteiger partial charge in [0.15, 0.2) is 11.5 Å². The molecule has 0 bridgehead atoms. The summed E-state index contributed by atoms with van der Waals surface area (Å²) in [4.78, 5) is 39.9. The summed E-state index contributed by atoms with van der Waals surface area (Å²) < 4.78 is 22.7. The molecule has 2 aliphatic heterocycles. The van der Waals surface area contributed by atoms with Crippen LogP contribution in [0.4, 0.5) is 0 Å². The number of methoxy groups -OCH3 is 1. The zero-order valence-corrected chi connectivity index (χ0v) is 25.6. The normalized spacial score (nSPS) is 20.6. The van der Waals surface area contributed by atoms with Crippen LogP contribution in [0.15, 0.2) is 36.4 Å². The number of hydrogen-bond donors (Lipinski definition) is 0. The van der Waals surface area contributed by atoms with Crippen molar-refractivity contribution < 1.29 is 33.3 Å². The molecule has 9 nitrogen and oxygen atoms in total. The number of likely N-dealkylation sites (tertiary alicyclic amines) is 1. The van der Waals surface area contributed by atoms with Crippen molar-refractivity contribution in [3.8, 4) is 17.2 Å². The fourth-order valence-electron chi connectivity index (χ4n) is 6.49. The van der Waals surface area contributed by atoms with Crippen molar-refractivity contribution in [1.82, 2.24) is 9.80 Å². The van der Waals surface area contributed by atoms with Gasteiger partial charge in [-0.3, -0.25) is 24.2 Å². The van der Waals surface area contributed by atoms with Gasteiger partial charge in [0, 0.05) is 38.4 Å². The first-order valence-electron chi connectivity index (χ1n) is 15.7. The third-order valence-electron chi connectivity index (χ3n) is 9.04. The topological polar surface area (TPSA) is 94.6 Å². The molecular formula is C34H44N2O7. The lowest BCUT2D eigenvalue weighted by Gasteiger charge is -2.36. The zero-order valence-electron chi connectivity index (χ0n) is 25.6. The van der Waals surface area contributed by atoms with Crippen molar-refractivity contribution in [3.05, 3.63) is 53.1 Å². The van der Waals surface area contributed by atoms with Crippen LogP contribution in [0.5, 0.6) is 17.2 Å². The van der Waals surface area contributed by atoms with Crippen LogP contribution in [0.3, 0.4) is 0 Å². The number of fused-ring (bicyclic) bond motifs is 1. The first-order valence-corrected chi connectivity index (χ1v) is 15.7. The number of imide groups is 1. The first-order chi connectivity index (χ1) is 20.9. The Kier molecular flexibility index (Phi) is 10.2. The monoisotopic (exact) mass is 592 g/mol. The molecule has 2 fully saturated rings. The Morgan fingerprint density at radius 3 is 2.51 bits per heavy atom. The number of rotatable bonds is 13. The van der Waals surface area contributed by atoms with Gasteiger partial charge in [0.1, 0.15) is 12.4 Å². The smallest absolute Gasteiger partial charge is 0.308 e. The summed E-state index contributed by atoms with van der Waals surface area (Å²) in [6, 6.07) is 12.7. The molecule has 0 spiro atoms. The molecule has 2 aromatic rings. The van der Waals surface area contributed by atoms with E-state index in [9.17, 15) is 14.4 Å². The summed E-state index contributed by atoms with van der Waals surface area (Å²) in [5, 5.41) is 0. The Hall–Kier alpha value is -3.59. The van der Waals surface area contributed by atoms with E-state index in [1.54, 1.807) is 7.11 Å². The molecule has 2 heterocycles. The highest BCUT2D eigenvalue weighted by Gasteiger charge is 2.31. The molecule has 43 heavy (non-hydrogen) atoms. The summed E-state index contributed by atoms with van der Waals surface area (Å²) >= 11 is 0. The van der Waals surface area contributed by atoms with Gasteiger partial charge in [-0.25, -0.2) is 0 Å². The average Bonchev–Trinajstić information content (AvgIpc) is 3.62. The number of hydrogen-bond acceptors (Lipinski definition) is 8. The molecule has 9 heteroatoms. The lowest BCUT2D eigenvalue weighted by Crippen LogP contribution is -2.34. The largest absolute Gasteiger partial charge is 0.493 e. The van der Waals surface area contributed by atoms with Gasteiger partial charge < -0.3 is 18.9 Å². The van der Waals surface area contributed by atoms with Crippen LogP contribution in [-0.2, 0) is 32.1 Å². The number of carbonyl (C=O) groups excluding carboxylic acids is 3. The van der Waals surface area contributed by atoms with Gasteiger partial charge in [-0.15, -0.1) is 0 Å². The Morgan fingerprint density at radius 2 is 1.79 bits per heavy atom. The molecule has 0 N–H and O–H groups in total. The number of esters is 1. The maximum Gasteiger partial charge on any atom is 0.308 e. The number of nitrogens with zero attached hydrogens (tertiary/aromatic N) is 2. The van der Waals surface area contributed by atoms with Crippen LogP contribution in [-0.4, -0.2) is 67.6 Å². The Labute approximate surface area is 254 Å². The minimum atomic E-state index is -0.143. The lowest BCUT2D eigenvalue weighted by molar-refractivity contribution is -0.149. The van der Waals surface area contributed by atoms with E-state index in [-0.39, 0.29) is 55.7 Å². The van der Waals surface area contributed by atoms with E-state index in [0.717, 1.165) is 63.1 Å². The predicted octanol–water partition coefficient (Wildman–Crippen LogP) is 5.09. The zero-order chi connectivity index (χ0) is 30.3. The van der Waals surface area contributed by atoms with E-state index < -0.39 is 0 Å². The third-order valence-corrected chi connectivity index (χ3v) is 9.04. The van der Waals surface area contributed by atoms with Crippen LogP contribution < -0.4 is 14.2 Å². The van der Waals surface area contributed by atoms with Crippen LogP contribution in [0, 0.1) is 11.8 Å². The SMILES string of the molecule is CCOC(=O)[C@H]1CC[C@H](CN(Cc2ccc(OCCN3C(=O)CCC3=O)c(OC)c2)C(C)c2ccc3c(c2)CCO3)CC1. The van der Waals surface area contributed by atoms with Crippen LogP contribution in [0.2, 0.25) is 0 Å². The fraction of sp³-hybridized carbons (Fsp3) is 0.559. The molecule has 0 aromatic heterocycles. The van der Waals surface area contributed by atoms with E-state index >= 15 is 0 Å². The summed E-state index contributed by atoms with van der Waals surface area (Å²) in [6.07, 6.45) is 5.24. The summed E-state index contributed by atoms with van der Waals surface area (Å²) in [5.41, 5.74) is 3.63. The average molecular weight is 593 g/mol. The maximum absolute atomic E-state index is 12.3. The van der Waals surface area contributed by atoms with Crippen molar-refractivity contribution in [2.45, 2.75) is 71.4 Å². The van der Waals surface area contributed by atoms with E-state index in [4.69, 9.17) is 18.9 Å². The second-order valence-electron chi connectivity index (χ2n) is 11.8. The molecule has 1 unspecified atom stereocenters. The van der Waals surface area contributed by atoms with Gasteiger partial charge in [0.25, 0.3) is 0 Å². The Morgan fingerprint density at radius 1 is 1.02 bits per heavy atom. The van der Waals surface area contributed by atoms with Gasteiger partial charge in [-0.1, -0.05) is 18.2 Å². The first kappa shape index (κ1) is 30.9. The second-order valence-corrected chi connectivity index (χ2v) is 11.8. The van der Waals surface area contributed by atoms with Crippen molar-refractivity contribution in [1.29, 1.82) is 0 Å². The summed E-state index contributed by atoms with van der Waals surface area (Å²) in [7, 11) is 1.62. The lowest BCUT2D eigenvalue weighted by atomic mass is 9.81. The standard InChI is InChI=1S/C34H44N2O7/c1-4-41-34(39)26-8-5-24(6-9-26)21-35(23(2)27-10-12-29-28(20-27)15-17-42-29)22-25-7-11-30(31(19-25)40-3)43-18-16-36-32(37)13-14-33(36)38/h7,10-12,19-20,23-24,26H,4-6,8-9,13-18,21-22H2,1-3H3/t23?,24-,26-. The fourth-order valence-corrected chi connectivity index (χ4v) is 6.49. The van der Waals surface area contributed by atoms with E-state index in [1.165, 1.54) is 16.0 Å². The van der Waals surface area contributed by atoms with Gasteiger partial charge in [-0.05, 0) is 80.3 Å². The molecule has 3 aliphatic rings. The molecule has 1 aliphatic carbocycles. The highest BCUT2D eigenvalue weighted by molar-refractivity contribution is 6.01.